The van der Waals surface area contributed by atoms with Gasteiger partial charge in [-0.25, -0.2) is 0 Å². The molecular formula is C25H33N3O3. The van der Waals surface area contributed by atoms with Crippen LogP contribution in [0.15, 0.2) is 54.6 Å². The fourth-order valence-corrected chi connectivity index (χ4v) is 3.56. The minimum atomic E-state index is -0.678. The number of rotatable bonds is 6. The molecule has 1 saturated heterocycles. The topological polar surface area (TPSA) is 61.9 Å². The van der Waals surface area contributed by atoms with E-state index >= 15 is 0 Å². The first-order valence-electron chi connectivity index (χ1n) is 10.9. The summed E-state index contributed by atoms with van der Waals surface area (Å²) in [7, 11) is 0. The minimum absolute atomic E-state index is 0.0131. The van der Waals surface area contributed by atoms with Crippen molar-refractivity contribution in [3.8, 4) is 5.75 Å². The van der Waals surface area contributed by atoms with E-state index in [0.717, 1.165) is 13.1 Å². The summed E-state index contributed by atoms with van der Waals surface area (Å²) < 4.78 is 5.74. The summed E-state index contributed by atoms with van der Waals surface area (Å²) in [6, 6.07) is 18.0. The smallest absolute Gasteiger partial charge is 0.261 e. The predicted molar refractivity (Wildman–Crippen MR) is 123 cm³/mol. The summed E-state index contributed by atoms with van der Waals surface area (Å²) in [5, 5.41) is 2.71. The molecule has 1 unspecified atom stereocenters. The Morgan fingerprint density at radius 1 is 0.968 bits per heavy atom. The van der Waals surface area contributed by atoms with Crippen LogP contribution in [0, 0.1) is 0 Å². The molecule has 2 aromatic rings. The zero-order valence-corrected chi connectivity index (χ0v) is 18.9. The maximum Gasteiger partial charge on any atom is 0.261 e. The Bertz CT molecular complexity index is 867. The molecule has 6 nitrogen and oxygen atoms in total. The van der Waals surface area contributed by atoms with Crippen molar-refractivity contribution < 1.29 is 14.3 Å². The Hall–Kier alpha value is -3.02. The van der Waals surface area contributed by atoms with E-state index in [1.54, 1.807) is 11.8 Å². The third-order valence-corrected chi connectivity index (χ3v) is 5.57. The van der Waals surface area contributed by atoms with Crippen LogP contribution in [0.25, 0.3) is 0 Å². The van der Waals surface area contributed by atoms with E-state index in [9.17, 15) is 9.59 Å². The quantitative estimate of drug-likeness (QED) is 0.775. The fourth-order valence-electron chi connectivity index (χ4n) is 3.56. The van der Waals surface area contributed by atoms with E-state index in [2.05, 4.69) is 43.1 Å². The molecule has 2 aromatic carbocycles. The van der Waals surface area contributed by atoms with E-state index in [0.29, 0.717) is 18.8 Å². The van der Waals surface area contributed by atoms with Crippen LogP contribution in [0.1, 0.15) is 33.3 Å². The van der Waals surface area contributed by atoms with Gasteiger partial charge in [-0.05, 0) is 42.2 Å². The monoisotopic (exact) mass is 423 g/mol. The van der Waals surface area contributed by atoms with E-state index < -0.39 is 6.10 Å². The standard InChI is InChI=1S/C25H33N3O3/c1-19(31-22-12-10-20(11-13-22)25(2,3)4)24(30)26-18-23(29)28-16-14-27(15-17-28)21-8-6-5-7-9-21/h5-13,19H,14-18H2,1-4H3,(H,26,30). The first kappa shape index (κ1) is 22.7. The zero-order valence-electron chi connectivity index (χ0n) is 18.9. The number of piperazine rings is 1. The molecule has 1 heterocycles. The van der Waals surface area contributed by atoms with Crippen LogP contribution in [0.5, 0.6) is 5.75 Å². The highest BCUT2D eigenvalue weighted by molar-refractivity contribution is 5.87. The molecule has 0 aromatic heterocycles. The van der Waals surface area contributed by atoms with Crippen LogP contribution in [0.4, 0.5) is 5.69 Å². The molecule has 0 radical (unpaired) electrons. The van der Waals surface area contributed by atoms with Gasteiger partial charge in [0.15, 0.2) is 6.10 Å². The number of hydrogen-bond acceptors (Lipinski definition) is 4. The lowest BCUT2D eigenvalue weighted by atomic mass is 9.87. The molecule has 0 saturated carbocycles. The largest absolute Gasteiger partial charge is 0.481 e. The van der Waals surface area contributed by atoms with Crippen LogP contribution in [0.2, 0.25) is 0 Å². The summed E-state index contributed by atoms with van der Waals surface area (Å²) in [6.07, 6.45) is -0.678. The van der Waals surface area contributed by atoms with Crippen molar-refractivity contribution >= 4 is 17.5 Å². The third kappa shape index (κ3) is 6.23. The lowest BCUT2D eigenvalue weighted by Crippen LogP contribution is -2.52. The summed E-state index contributed by atoms with van der Waals surface area (Å²) in [5.74, 6) is 0.276. The molecule has 1 aliphatic rings. The van der Waals surface area contributed by atoms with Gasteiger partial charge in [-0.1, -0.05) is 51.1 Å². The first-order chi connectivity index (χ1) is 14.7. The molecule has 1 atom stereocenters. The average molecular weight is 424 g/mol. The molecule has 0 bridgehead atoms. The minimum Gasteiger partial charge on any atom is -0.481 e. The number of ether oxygens (including phenoxy) is 1. The molecule has 3 rings (SSSR count). The van der Waals surface area contributed by atoms with Crippen LogP contribution < -0.4 is 15.0 Å². The van der Waals surface area contributed by atoms with Crippen molar-refractivity contribution in [3.05, 3.63) is 60.2 Å². The van der Waals surface area contributed by atoms with E-state index in [4.69, 9.17) is 4.74 Å². The number of carbonyl (C=O) groups excluding carboxylic acids is 2. The molecule has 0 spiro atoms. The Labute approximate surface area is 185 Å². The highest BCUT2D eigenvalue weighted by atomic mass is 16.5. The van der Waals surface area contributed by atoms with Crippen molar-refractivity contribution in [1.29, 1.82) is 0 Å². The van der Waals surface area contributed by atoms with Gasteiger partial charge in [-0.3, -0.25) is 9.59 Å². The normalized spacial score (nSPS) is 15.4. The van der Waals surface area contributed by atoms with Crippen molar-refractivity contribution in [1.82, 2.24) is 10.2 Å². The van der Waals surface area contributed by atoms with Gasteiger partial charge in [-0.2, -0.15) is 0 Å². The van der Waals surface area contributed by atoms with Crippen molar-refractivity contribution in [2.24, 2.45) is 0 Å². The molecule has 6 heteroatoms. The number of nitrogens with one attached hydrogen (secondary N) is 1. The molecule has 0 aliphatic carbocycles. The van der Waals surface area contributed by atoms with Crippen LogP contribution in [-0.4, -0.2) is 55.5 Å². The van der Waals surface area contributed by atoms with Crippen molar-refractivity contribution in [2.45, 2.75) is 39.2 Å². The SMILES string of the molecule is CC(Oc1ccc(C(C)(C)C)cc1)C(=O)NCC(=O)N1CCN(c2ccccc2)CC1. The second-order valence-electron chi connectivity index (χ2n) is 8.96. The van der Waals surface area contributed by atoms with E-state index in [1.807, 2.05) is 42.5 Å². The van der Waals surface area contributed by atoms with E-state index in [-0.39, 0.29) is 23.8 Å². The highest BCUT2D eigenvalue weighted by Gasteiger charge is 2.23. The van der Waals surface area contributed by atoms with Gasteiger partial charge in [0.05, 0.1) is 6.54 Å². The number of nitrogens with zero attached hydrogens (tertiary/aromatic N) is 2. The number of para-hydroxylation sites is 1. The van der Waals surface area contributed by atoms with E-state index in [1.165, 1.54) is 11.3 Å². The van der Waals surface area contributed by atoms with Gasteiger partial charge in [0.2, 0.25) is 5.91 Å². The zero-order chi connectivity index (χ0) is 22.4. The van der Waals surface area contributed by atoms with Gasteiger partial charge < -0.3 is 19.9 Å². The lowest BCUT2D eigenvalue weighted by molar-refractivity contribution is -0.134. The van der Waals surface area contributed by atoms with Crippen molar-refractivity contribution in [2.75, 3.05) is 37.6 Å². The Kier molecular flexibility index (Phi) is 7.21. The molecule has 166 valence electrons. The second-order valence-corrected chi connectivity index (χ2v) is 8.96. The molecule has 31 heavy (non-hydrogen) atoms. The lowest BCUT2D eigenvalue weighted by Gasteiger charge is -2.36. The first-order valence-corrected chi connectivity index (χ1v) is 10.9. The Morgan fingerprint density at radius 2 is 1.58 bits per heavy atom. The van der Waals surface area contributed by atoms with Gasteiger partial charge in [0.1, 0.15) is 5.75 Å². The number of benzene rings is 2. The van der Waals surface area contributed by atoms with Crippen molar-refractivity contribution in [3.63, 3.8) is 0 Å². The number of amides is 2. The Balaban J connectivity index is 1.42. The molecule has 1 fully saturated rings. The molecule has 2 amide bonds. The number of hydrogen-bond donors (Lipinski definition) is 1. The highest BCUT2D eigenvalue weighted by Crippen LogP contribution is 2.24. The molecule has 1 N–H and O–H groups in total. The van der Waals surface area contributed by atoms with Crippen LogP contribution in [-0.2, 0) is 15.0 Å². The number of carbonyl (C=O) groups is 2. The third-order valence-electron chi connectivity index (χ3n) is 5.57. The van der Waals surface area contributed by atoms with Crippen LogP contribution >= 0.6 is 0 Å². The average Bonchev–Trinajstić information content (AvgIpc) is 2.77. The second kappa shape index (κ2) is 9.86. The van der Waals surface area contributed by atoms with Gasteiger partial charge in [0, 0.05) is 31.9 Å². The summed E-state index contributed by atoms with van der Waals surface area (Å²) in [4.78, 5) is 29.0. The number of anilines is 1. The summed E-state index contributed by atoms with van der Waals surface area (Å²) in [5.41, 5.74) is 2.44. The predicted octanol–water partition coefficient (Wildman–Crippen LogP) is 3.22. The maximum absolute atomic E-state index is 12.5. The molecule has 1 aliphatic heterocycles. The van der Waals surface area contributed by atoms with Gasteiger partial charge in [-0.15, -0.1) is 0 Å². The van der Waals surface area contributed by atoms with Gasteiger partial charge in [0.25, 0.3) is 5.91 Å². The summed E-state index contributed by atoms with van der Waals surface area (Å²) in [6.45, 7) is 11.0. The van der Waals surface area contributed by atoms with Gasteiger partial charge >= 0.3 is 0 Å². The summed E-state index contributed by atoms with van der Waals surface area (Å²) >= 11 is 0. The maximum atomic E-state index is 12.5. The molecular weight excluding hydrogens is 390 g/mol. The Morgan fingerprint density at radius 3 is 2.16 bits per heavy atom. The fraction of sp³-hybridized carbons (Fsp3) is 0.440. The van der Waals surface area contributed by atoms with Crippen LogP contribution in [0.3, 0.4) is 0 Å².